The second-order valence-corrected chi connectivity index (χ2v) is 6.09. The Balaban J connectivity index is 0.000000823. The van der Waals surface area contributed by atoms with E-state index < -0.39 is 11.9 Å². The summed E-state index contributed by atoms with van der Waals surface area (Å²) in [5, 5.41) is 18.2. The lowest BCUT2D eigenvalue weighted by Gasteiger charge is -2.09. The summed E-state index contributed by atoms with van der Waals surface area (Å²) >= 11 is 3.45. The first kappa shape index (κ1) is 23.4. The predicted molar refractivity (Wildman–Crippen MR) is 98.2 cm³/mol. The molecule has 0 aliphatic carbocycles. The van der Waals surface area contributed by atoms with Crippen LogP contribution in [0.1, 0.15) is 24.8 Å². The van der Waals surface area contributed by atoms with Gasteiger partial charge in [0.25, 0.3) is 0 Å². The number of benzene rings is 1. The summed E-state index contributed by atoms with van der Waals surface area (Å²) in [7, 11) is 1.74. The molecule has 0 radical (unpaired) electrons. The summed E-state index contributed by atoms with van der Waals surface area (Å²) in [5.41, 5.74) is 1.17. The van der Waals surface area contributed by atoms with Gasteiger partial charge in [0.2, 0.25) is 0 Å². The van der Waals surface area contributed by atoms with E-state index in [2.05, 4.69) is 34.2 Å². The number of rotatable bonds is 10. The van der Waals surface area contributed by atoms with Gasteiger partial charge in [-0.05, 0) is 63.0 Å². The van der Waals surface area contributed by atoms with Crippen LogP contribution in [0.25, 0.3) is 0 Å². The molecule has 0 heterocycles. The lowest BCUT2D eigenvalue weighted by Crippen LogP contribution is -2.18. The molecule has 0 aliphatic heterocycles. The molecule has 1 aromatic rings. The Morgan fingerprint density at radius 1 is 1.08 bits per heavy atom. The van der Waals surface area contributed by atoms with Crippen LogP contribution in [0.2, 0.25) is 0 Å². The van der Waals surface area contributed by atoms with Crippen molar-refractivity contribution in [2.45, 2.75) is 26.2 Å². The molecule has 0 saturated heterocycles. The SMILES string of the molecule is COCCCNCCCCOc1ccc(Br)cc1C.O=C(O)C(=O)O. The first-order valence-corrected chi connectivity index (χ1v) is 8.72. The first-order chi connectivity index (χ1) is 11.9. The van der Waals surface area contributed by atoms with Gasteiger partial charge in [-0.25, -0.2) is 9.59 Å². The minimum absolute atomic E-state index is 0.780. The number of hydrogen-bond acceptors (Lipinski definition) is 5. The number of carboxylic acid groups (broad SMARTS) is 2. The molecule has 0 fully saturated rings. The fourth-order valence-electron chi connectivity index (χ4n) is 1.78. The Morgan fingerprint density at radius 3 is 2.28 bits per heavy atom. The smallest absolute Gasteiger partial charge is 0.414 e. The normalized spacial score (nSPS) is 9.88. The maximum absolute atomic E-state index is 9.10. The van der Waals surface area contributed by atoms with E-state index in [1.165, 1.54) is 5.56 Å². The molecule has 0 bridgehead atoms. The van der Waals surface area contributed by atoms with Crippen LogP contribution in [0.15, 0.2) is 22.7 Å². The van der Waals surface area contributed by atoms with Crippen LogP contribution < -0.4 is 10.1 Å². The summed E-state index contributed by atoms with van der Waals surface area (Å²) in [6.07, 6.45) is 3.29. The molecule has 25 heavy (non-hydrogen) atoms. The van der Waals surface area contributed by atoms with Crippen molar-refractivity contribution in [1.29, 1.82) is 0 Å². The number of halogens is 1. The van der Waals surface area contributed by atoms with Crippen molar-refractivity contribution in [3.63, 3.8) is 0 Å². The molecule has 0 amide bonds. The number of ether oxygens (including phenoxy) is 2. The summed E-state index contributed by atoms with van der Waals surface area (Å²) in [4.78, 5) is 18.2. The van der Waals surface area contributed by atoms with Gasteiger partial charge in [-0.15, -0.1) is 0 Å². The molecular formula is C17H26BrNO6. The maximum atomic E-state index is 9.10. The van der Waals surface area contributed by atoms with Crippen molar-refractivity contribution in [3.05, 3.63) is 28.2 Å². The van der Waals surface area contributed by atoms with E-state index in [4.69, 9.17) is 29.3 Å². The van der Waals surface area contributed by atoms with Crippen LogP contribution in [-0.2, 0) is 14.3 Å². The third-order valence-electron chi connectivity index (χ3n) is 3.03. The average Bonchev–Trinajstić information content (AvgIpc) is 2.55. The number of unbranched alkanes of at least 4 members (excludes halogenated alkanes) is 1. The van der Waals surface area contributed by atoms with Gasteiger partial charge in [0, 0.05) is 18.2 Å². The van der Waals surface area contributed by atoms with Gasteiger partial charge < -0.3 is 25.0 Å². The van der Waals surface area contributed by atoms with Gasteiger partial charge in [0.15, 0.2) is 0 Å². The highest BCUT2D eigenvalue weighted by atomic mass is 79.9. The molecule has 7 nitrogen and oxygen atoms in total. The first-order valence-electron chi connectivity index (χ1n) is 7.93. The molecule has 8 heteroatoms. The van der Waals surface area contributed by atoms with Crippen LogP contribution in [0.3, 0.4) is 0 Å². The van der Waals surface area contributed by atoms with Crippen molar-refractivity contribution in [3.8, 4) is 5.75 Å². The summed E-state index contributed by atoms with van der Waals surface area (Å²) in [6.45, 7) is 5.76. The number of methoxy groups -OCH3 is 1. The molecule has 1 aromatic carbocycles. The van der Waals surface area contributed by atoms with Crippen LogP contribution in [0.4, 0.5) is 0 Å². The second kappa shape index (κ2) is 14.7. The Morgan fingerprint density at radius 2 is 1.72 bits per heavy atom. The van der Waals surface area contributed by atoms with E-state index in [-0.39, 0.29) is 0 Å². The molecule has 1 rings (SSSR count). The van der Waals surface area contributed by atoms with Gasteiger partial charge >= 0.3 is 11.9 Å². The molecule has 0 spiro atoms. The number of carboxylic acids is 2. The van der Waals surface area contributed by atoms with E-state index >= 15 is 0 Å². The molecule has 0 unspecified atom stereocenters. The summed E-state index contributed by atoms with van der Waals surface area (Å²) < 4.78 is 11.9. The van der Waals surface area contributed by atoms with Gasteiger partial charge in [-0.1, -0.05) is 15.9 Å². The van der Waals surface area contributed by atoms with Crippen LogP contribution in [-0.4, -0.2) is 55.6 Å². The highest BCUT2D eigenvalue weighted by Crippen LogP contribution is 2.22. The third kappa shape index (κ3) is 13.3. The zero-order chi connectivity index (χ0) is 19.1. The number of aryl methyl sites for hydroxylation is 1. The Hall–Kier alpha value is -1.64. The Labute approximate surface area is 156 Å². The van der Waals surface area contributed by atoms with E-state index in [0.717, 1.165) is 55.8 Å². The van der Waals surface area contributed by atoms with E-state index in [1.807, 2.05) is 12.1 Å². The fraction of sp³-hybridized carbons (Fsp3) is 0.529. The van der Waals surface area contributed by atoms with Gasteiger partial charge in [0.1, 0.15) is 5.75 Å². The molecule has 3 N–H and O–H groups in total. The molecule has 0 aliphatic rings. The number of aliphatic carboxylic acids is 2. The molecule has 142 valence electrons. The van der Waals surface area contributed by atoms with Crippen molar-refractivity contribution in [1.82, 2.24) is 5.32 Å². The Bertz CT molecular complexity index is 512. The fourth-order valence-corrected chi connectivity index (χ4v) is 2.25. The lowest BCUT2D eigenvalue weighted by molar-refractivity contribution is -0.159. The average molecular weight is 420 g/mol. The third-order valence-corrected chi connectivity index (χ3v) is 3.52. The highest BCUT2D eigenvalue weighted by Gasteiger charge is 2.04. The van der Waals surface area contributed by atoms with Gasteiger partial charge in [0.05, 0.1) is 6.61 Å². The standard InChI is InChI=1S/C15H24BrNO2.C2H2O4/c1-13-12-14(16)6-7-15(13)19-11-4-3-8-17-9-5-10-18-2;3-1(4)2(5)6/h6-7,12,17H,3-5,8-11H2,1-2H3;(H,3,4)(H,5,6). The maximum Gasteiger partial charge on any atom is 0.414 e. The minimum atomic E-state index is -1.82. The van der Waals surface area contributed by atoms with Gasteiger partial charge in [-0.2, -0.15) is 0 Å². The van der Waals surface area contributed by atoms with Crippen molar-refractivity contribution in [2.75, 3.05) is 33.4 Å². The van der Waals surface area contributed by atoms with Crippen molar-refractivity contribution >= 4 is 27.9 Å². The topological polar surface area (TPSA) is 105 Å². The Kier molecular flexibility index (Phi) is 13.7. The zero-order valence-electron chi connectivity index (χ0n) is 14.6. The second-order valence-electron chi connectivity index (χ2n) is 5.17. The quantitative estimate of drug-likeness (QED) is 0.395. The number of nitrogens with one attached hydrogen (secondary N) is 1. The van der Waals surface area contributed by atoms with Crippen LogP contribution in [0, 0.1) is 6.92 Å². The summed E-state index contributed by atoms with van der Waals surface area (Å²) in [6, 6.07) is 6.11. The predicted octanol–water partition coefficient (Wildman–Crippen LogP) is 2.70. The van der Waals surface area contributed by atoms with E-state index in [0.29, 0.717) is 0 Å². The lowest BCUT2D eigenvalue weighted by atomic mass is 10.2. The molecule has 0 atom stereocenters. The van der Waals surface area contributed by atoms with Crippen molar-refractivity contribution in [2.24, 2.45) is 0 Å². The minimum Gasteiger partial charge on any atom is -0.493 e. The number of carbonyl (C=O) groups is 2. The van der Waals surface area contributed by atoms with E-state index in [9.17, 15) is 0 Å². The molecule has 0 saturated carbocycles. The molecule has 0 aromatic heterocycles. The largest absolute Gasteiger partial charge is 0.493 e. The summed E-state index contributed by atoms with van der Waals surface area (Å²) in [5.74, 6) is -2.67. The van der Waals surface area contributed by atoms with Gasteiger partial charge in [-0.3, -0.25) is 0 Å². The van der Waals surface area contributed by atoms with Crippen molar-refractivity contribution < 1.29 is 29.3 Å². The monoisotopic (exact) mass is 419 g/mol. The van der Waals surface area contributed by atoms with E-state index in [1.54, 1.807) is 7.11 Å². The highest BCUT2D eigenvalue weighted by molar-refractivity contribution is 9.10. The van der Waals surface area contributed by atoms with Crippen LogP contribution >= 0.6 is 15.9 Å². The zero-order valence-corrected chi connectivity index (χ0v) is 16.2. The van der Waals surface area contributed by atoms with Crippen LogP contribution in [0.5, 0.6) is 5.75 Å². The number of hydrogen-bond donors (Lipinski definition) is 3. The molecular weight excluding hydrogens is 394 g/mol.